The number of aromatic nitrogens is 2. The molecule has 0 bridgehead atoms. The predicted octanol–water partition coefficient (Wildman–Crippen LogP) is -0.318. The molecule has 0 spiro atoms. The molecule has 0 aliphatic carbocycles. The normalized spacial score (nSPS) is 13.7. The van der Waals surface area contributed by atoms with Crippen LogP contribution in [0.1, 0.15) is 13.3 Å². The van der Waals surface area contributed by atoms with Gasteiger partial charge in [-0.15, -0.1) is 0 Å². The van der Waals surface area contributed by atoms with Crippen molar-refractivity contribution < 1.29 is 19.8 Å². The lowest BCUT2D eigenvalue weighted by atomic mass is 10.1. The van der Waals surface area contributed by atoms with Gasteiger partial charge in [0.1, 0.15) is 0 Å². The van der Waals surface area contributed by atoms with Crippen LogP contribution in [0.4, 0.5) is 0 Å². The Morgan fingerprint density at radius 1 is 1.26 bits per heavy atom. The molecule has 8 nitrogen and oxygen atoms in total. The number of carbonyl (C=O) groups excluding carboxylic acids is 1. The van der Waals surface area contributed by atoms with Gasteiger partial charge in [-0.3, -0.25) is 13.9 Å². The highest BCUT2D eigenvalue weighted by Crippen LogP contribution is 2.11. The Kier molecular flexibility index (Phi) is 4.55. The maximum atomic E-state index is 12.2. The number of nitrogens with zero attached hydrogens (tertiary/aromatic N) is 2. The minimum absolute atomic E-state index is 0.00358. The first kappa shape index (κ1) is 16.8. The zero-order valence-electron chi connectivity index (χ0n) is 12.9. The van der Waals surface area contributed by atoms with Gasteiger partial charge in [-0.25, -0.2) is 9.59 Å². The number of hydrogen-bond acceptors (Lipinski definition) is 4. The Hall–Kier alpha value is -2.61. The molecule has 1 amide bonds. The van der Waals surface area contributed by atoms with Gasteiger partial charge in [0.15, 0.2) is 5.60 Å². The van der Waals surface area contributed by atoms with Crippen molar-refractivity contribution in [3.63, 3.8) is 0 Å². The molecule has 0 radical (unpaired) electrons. The average Bonchev–Trinajstić information content (AvgIpc) is 2.75. The average molecular weight is 321 g/mol. The van der Waals surface area contributed by atoms with E-state index < -0.39 is 24.0 Å². The molecule has 1 aromatic carbocycles. The van der Waals surface area contributed by atoms with E-state index in [-0.39, 0.29) is 18.7 Å². The summed E-state index contributed by atoms with van der Waals surface area (Å²) in [6, 6.07) is 7.25. The van der Waals surface area contributed by atoms with E-state index in [1.165, 1.54) is 9.13 Å². The fraction of sp³-hybridized carbons (Fsp3) is 0.400. The Morgan fingerprint density at radius 2 is 1.87 bits per heavy atom. The Bertz CT molecular complexity index is 803. The first-order chi connectivity index (χ1) is 10.7. The van der Waals surface area contributed by atoms with Crippen LogP contribution in [-0.4, -0.2) is 43.4 Å². The monoisotopic (exact) mass is 321 g/mol. The van der Waals surface area contributed by atoms with E-state index in [0.717, 1.165) is 18.0 Å². The van der Waals surface area contributed by atoms with Crippen molar-refractivity contribution in [3.8, 4) is 0 Å². The van der Waals surface area contributed by atoms with Gasteiger partial charge >= 0.3 is 11.7 Å². The van der Waals surface area contributed by atoms with Crippen molar-refractivity contribution in [2.24, 2.45) is 7.05 Å². The van der Waals surface area contributed by atoms with Gasteiger partial charge in [0.25, 0.3) is 0 Å². The van der Waals surface area contributed by atoms with E-state index in [4.69, 9.17) is 5.11 Å². The molecule has 0 fully saturated rings. The van der Waals surface area contributed by atoms with Gasteiger partial charge < -0.3 is 15.5 Å². The first-order valence-electron chi connectivity index (χ1n) is 7.11. The molecular weight excluding hydrogens is 302 g/mol. The molecule has 1 unspecified atom stereocenters. The smallest absolute Gasteiger partial charge is 0.337 e. The first-order valence-corrected chi connectivity index (χ1v) is 7.11. The van der Waals surface area contributed by atoms with Crippen LogP contribution in [0.15, 0.2) is 29.1 Å². The molecule has 1 aromatic heterocycles. The number of fused-ring (bicyclic) bond motifs is 1. The number of hydrogen-bond donors (Lipinski definition) is 3. The maximum absolute atomic E-state index is 12.2. The SMILES string of the molecule is Cn1c(=O)n(CCC(=O)NCC(C)(O)C(=O)O)c2ccccc21. The number of benzene rings is 1. The lowest BCUT2D eigenvalue weighted by Gasteiger charge is -2.18. The number of aliphatic hydroxyl groups is 1. The summed E-state index contributed by atoms with van der Waals surface area (Å²) < 4.78 is 2.99. The second-order valence-electron chi connectivity index (χ2n) is 5.59. The number of carboxylic acids is 1. The van der Waals surface area contributed by atoms with E-state index in [9.17, 15) is 19.5 Å². The van der Waals surface area contributed by atoms with Crippen molar-refractivity contribution >= 4 is 22.9 Å². The number of rotatable bonds is 6. The maximum Gasteiger partial charge on any atom is 0.337 e. The third-order valence-corrected chi connectivity index (χ3v) is 3.70. The van der Waals surface area contributed by atoms with Crippen LogP contribution in [0.25, 0.3) is 11.0 Å². The van der Waals surface area contributed by atoms with E-state index in [1.807, 2.05) is 18.2 Å². The van der Waals surface area contributed by atoms with Gasteiger partial charge in [-0.05, 0) is 19.1 Å². The molecule has 1 heterocycles. The number of amides is 1. The minimum atomic E-state index is -2.02. The van der Waals surface area contributed by atoms with Crippen LogP contribution in [-0.2, 0) is 23.2 Å². The summed E-state index contributed by atoms with van der Waals surface area (Å²) in [5, 5.41) is 20.7. The van der Waals surface area contributed by atoms with Gasteiger partial charge in [-0.2, -0.15) is 0 Å². The van der Waals surface area contributed by atoms with Crippen molar-refractivity contribution in [1.82, 2.24) is 14.5 Å². The van der Waals surface area contributed by atoms with Crippen LogP contribution in [0.5, 0.6) is 0 Å². The fourth-order valence-corrected chi connectivity index (χ4v) is 2.23. The molecule has 2 rings (SSSR count). The lowest BCUT2D eigenvalue weighted by Crippen LogP contribution is -2.46. The summed E-state index contributed by atoms with van der Waals surface area (Å²) in [5.41, 5.74) is -0.750. The third-order valence-electron chi connectivity index (χ3n) is 3.70. The third kappa shape index (κ3) is 3.42. The minimum Gasteiger partial charge on any atom is -0.479 e. The molecule has 8 heteroatoms. The molecule has 1 atom stereocenters. The zero-order valence-corrected chi connectivity index (χ0v) is 12.9. The van der Waals surface area contributed by atoms with Crippen molar-refractivity contribution in [2.45, 2.75) is 25.5 Å². The molecule has 0 saturated heterocycles. The molecule has 0 saturated carbocycles. The summed E-state index contributed by atoms with van der Waals surface area (Å²) in [5.74, 6) is -1.85. The van der Waals surface area contributed by atoms with E-state index in [0.29, 0.717) is 0 Å². The number of imidazole rings is 1. The van der Waals surface area contributed by atoms with Crippen LogP contribution in [0.2, 0.25) is 0 Å². The molecular formula is C15H19N3O5. The predicted molar refractivity (Wildman–Crippen MR) is 83.1 cm³/mol. The quantitative estimate of drug-likeness (QED) is 0.675. The number of aryl methyl sites for hydroxylation is 2. The summed E-state index contributed by atoms with van der Waals surface area (Å²) in [4.78, 5) is 34.7. The van der Waals surface area contributed by atoms with Gasteiger partial charge in [-0.1, -0.05) is 12.1 Å². The highest BCUT2D eigenvalue weighted by Gasteiger charge is 2.30. The molecule has 124 valence electrons. The Labute approximate surface area is 132 Å². The molecule has 0 aliphatic heterocycles. The standard InChI is InChI=1S/C15H19N3O5/c1-15(23,13(20)21)9-16-12(19)7-8-18-11-6-4-3-5-10(11)17(2)14(18)22/h3-6,23H,7-9H2,1-2H3,(H,16,19)(H,20,21). The van der Waals surface area contributed by atoms with Crippen molar-refractivity contribution in [1.29, 1.82) is 0 Å². The molecule has 2 aromatic rings. The van der Waals surface area contributed by atoms with Crippen LogP contribution < -0.4 is 11.0 Å². The van der Waals surface area contributed by atoms with Crippen LogP contribution in [0, 0.1) is 0 Å². The summed E-state index contributed by atoms with van der Waals surface area (Å²) in [7, 11) is 1.66. The number of carbonyl (C=O) groups is 2. The molecule has 23 heavy (non-hydrogen) atoms. The van der Waals surface area contributed by atoms with Crippen LogP contribution in [0.3, 0.4) is 0 Å². The zero-order chi connectivity index (χ0) is 17.2. The summed E-state index contributed by atoms with van der Waals surface area (Å²) in [6.45, 7) is 0.873. The second-order valence-corrected chi connectivity index (χ2v) is 5.59. The highest BCUT2D eigenvalue weighted by atomic mass is 16.4. The van der Waals surface area contributed by atoms with Gasteiger partial charge in [0.2, 0.25) is 5.91 Å². The topological polar surface area (TPSA) is 114 Å². The number of para-hydroxylation sites is 2. The highest BCUT2D eigenvalue weighted by molar-refractivity contribution is 5.80. The van der Waals surface area contributed by atoms with Gasteiger partial charge in [0, 0.05) is 20.0 Å². The molecule has 0 aliphatic rings. The Balaban J connectivity index is 2.05. The lowest BCUT2D eigenvalue weighted by molar-refractivity contribution is -0.156. The summed E-state index contributed by atoms with van der Waals surface area (Å²) >= 11 is 0. The largest absolute Gasteiger partial charge is 0.479 e. The van der Waals surface area contributed by atoms with E-state index in [2.05, 4.69) is 5.32 Å². The van der Waals surface area contributed by atoms with Crippen LogP contribution >= 0.6 is 0 Å². The second kappa shape index (κ2) is 6.25. The molecule has 3 N–H and O–H groups in total. The Morgan fingerprint density at radius 3 is 2.48 bits per heavy atom. The van der Waals surface area contributed by atoms with Crippen molar-refractivity contribution in [2.75, 3.05) is 6.54 Å². The number of aliphatic carboxylic acids is 1. The fourth-order valence-electron chi connectivity index (χ4n) is 2.23. The van der Waals surface area contributed by atoms with Crippen molar-refractivity contribution in [3.05, 3.63) is 34.7 Å². The summed E-state index contributed by atoms with van der Waals surface area (Å²) in [6.07, 6.45) is 0.00358. The van der Waals surface area contributed by atoms with E-state index >= 15 is 0 Å². The number of nitrogens with one attached hydrogen (secondary N) is 1. The number of carboxylic acid groups (broad SMARTS) is 1. The van der Waals surface area contributed by atoms with E-state index in [1.54, 1.807) is 13.1 Å². The van der Waals surface area contributed by atoms with Gasteiger partial charge in [0.05, 0.1) is 17.6 Å².